The van der Waals surface area contributed by atoms with E-state index in [0.717, 1.165) is 30.4 Å². The van der Waals surface area contributed by atoms with Crippen LogP contribution in [-0.2, 0) is 23.0 Å². The predicted molar refractivity (Wildman–Crippen MR) is 112 cm³/mol. The van der Waals surface area contributed by atoms with Crippen LogP contribution in [0.2, 0.25) is 0 Å². The Morgan fingerprint density at radius 2 is 1.97 bits per heavy atom. The van der Waals surface area contributed by atoms with Gasteiger partial charge in [-0.05, 0) is 55.4 Å². The summed E-state index contributed by atoms with van der Waals surface area (Å²) in [4.78, 5) is 4.32. The lowest BCUT2D eigenvalue weighted by Crippen LogP contribution is -2.77. The Morgan fingerprint density at radius 1 is 1.25 bits per heavy atom. The number of nitrogens with zero attached hydrogens (tertiary/aromatic N) is 4. The number of sulfonamides is 1. The Labute approximate surface area is 184 Å². The third-order valence-electron chi connectivity index (χ3n) is 5.47. The van der Waals surface area contributed by atoms with E-state index < -0.39 is 15.5 Å². The van der Waals surface area contributed by atoms with Crippen LogP contribution in [0.5, 0.6) is 0 Å². The topological polar surface area (TPSA) is 122 Å². The highest BCUT2D eigenvalue weighted by molar-refractivity contribution is 7.93. The van der Waals surface area contributed by atoms with Crippen molar-refractivity contribution in [1.82, 2.24) is 9.55 Å². The number of hydrogen-bond donors (Lipinski definition) is 3. The van der Waals surface area contributed by atoms with Gasteiger partial charge in [0, 0.05) is 6.54 Å². The molecule has 0 saturated heterocycles. The van der Waals surface area contributed by atoms with Gasteiger partial charge in [-0.2, -0.15) is 26.6 Å². The van der Waals surface area contributed by atoms with Crippen molar-refractivity contribution in [1.29, 1.82) is 0 Å². The first-order valence-electron chi connectivity index (χ1n) is 10.1. The summed E-state index contributed by atoms with van der Waals surface area (Å²) >= 11 is 0. The number of alkyl halides is 3. The molecule has 176 valence electrons. The fourth-order valence-corrected chi connectivity index (χ4v) is 4.41. The SMILES string of the molecule is [CH2-][NH2+]c1nc(N=Nc2cc3c(cc2NS(=O)(=O)C(F)(F)F)C(CC)CC3)n(CC)c1[NH2+][CH2-]. The molecular weight excluding hydrogens is 447 g/mol. The second-order valence-electron chi connectivity index (χ2n) is 7.30. The zero-order valence-electron chi connectivity index (χ0n) is 17.8. The fourth-order valence-electron chi connectivity index (χ4n) is 3.84. The maximum absolute atomic E-state index is 13.0. The second kappa shape index (κ2) is 9.16. The van der Waals surface area contributed by atoms with Crippen LogP contribution >= 0.6 is 0 Å². The van der Waals surface area contributed by atoms with Gasteiger partial charge in [-0.25, -0.2) is 0 Å². The highest BCUT2D eigenvalue weighted by Crippen LogP contribution is 2.42. The minimum absolute atomic E-state index is 0.0145. The number of aromatic nitrogens is 2. The predicted octanol–water partition coefficient (Wildman–Crippen LogP) is 2.99. The summed E-state index contributed by atoms with van der Waals surface area (Å²) in [6.07, 6.45) is 2.36. The quantitative estimate of drug-likeness (QED) is 0.404. The van der Waals surface area contributed by atoms with Gasteiger partial charge in [0.15, 0.2) is 0 Å². The smallest absolute Gasteiger partial charge is 0.424 e. The second-order valence-corrected chi connectivity index (χ2v) is 8.97. The van der Waals surface area contributed by atoms with Gasteiger partial charge < -0.3 is 10.6 Å². The van der Waals surface area contributed by atoms with Gasteiger partial charge in [0.1, 0.15) is 5.69 Å². The summed E-state index contributed by atoms with van der Waals surface area (Å²) in [7, 11) is 1.83. The lowest BCUT2D eigenvalue weighted by Gasteiger charge is -2.15. The molecule has 0 spiro atoms. The van der Waals surface area contributed by atoms with E-state index in [0.29, 0.717) is 18.2 Å². The van der Waals surface area contributed by atoms with Crippen LogP contribution in [0, 0.1) is 14.1 Å². The molecule has 2 aromatic rings. The monoisotopic (exact) mass is 473 g/mol. The minimum atomic E-state index is -5.62. The van der Waals surface area contributed by atoms with Crippen molar-refractivity contribution in [2.75, 3.05) is 4.72 Å². The number of anilines is 1. The number of azo groups is 1. The zero-order valence-corrected chi connectivity index (χ0v) is 18.6. The van der Waals surface area contributed by atoms with Crippen molar-refractivity contribution < 1.29 is 32.2 Å². The van der Waals surface area contributed by atoms with Crippen molar-refractivity contribution in [3.05, 3.63) is 37.4 Å². The zero-order chi connectivity index (χ0) is 23.7. The number of aryl methyl sites for hydroxylation is 1. The molecule has 1 heterocycles. The Hall–Kier alpha value is -2.51. The van der Waals surface area contributed by atoms with Gasteiger partial charge >= 0.3 is 15.5 Å². The lowest BCUT2D eigenvalue weighted by atomic mass is 9.98. The van der Waals surface area contributed by atoms with Gasteiger partial charge in [-0.3, -0.25) is 9.29 Å². The number of quaternary nitrogens is 2. The first-order valence-corrected chi connectivity index (χ1v) is 11.6. The molecule has 1 aromatic heterocycles. The third-order valence-corrected chi connectivity index (χ3v) is 6.56. The van der Waals surface area contributed by atoms with E-state index in [-0.39, 0.29) is 23.2 Å². The maximum Gasteiger partial charge on any atom is 0.516 e. The van der Waals surface area contributed by atoms with Crippen LogP contribution in [0.25, 0.3) is 0 Å². The Balaban J connectivity index is 2.09. The van der Waals surface area contributed by atoms with Gasteiger partial charge in [0.2, 0.25) is 0 Å². The van der Waals surface area contributed by atoms with Crippen LogP contribution < -0.4 is 15.4 Å². The van der Waals surface area contributed by atoms with E-state index in [2.05, 4.69) is 29.3 Å². The van der Waals surface area contributed by atoms with Crippen LogP contribution in [-0.4, -0.2) is 23.5 Å². The number of rotatable bonds is 8. The fraction of sp³-hybridized carbons (Fsp3) is 0.421. The van der Waals surface area contributed by atoms with E-state index in [9.17, 15) is 21.6 Å². The van der Waals surface area contributed by atoms with Gasteiger partial charge in [-0.15, -0.1) is 24.3 Å². The van der Waals surface area contributed by atoms with Gasteiger partial charge in [0.25, 0.3) is 17.6 Å². The van der Waals surface area contributed by atoms with Crippen molar-refractivity contribution in [3.8, 4) is 0 Å². The first-order chi connectivity index (χ1) is 15.1. The molecule has 1 aromatic carbocycles. The van der Waals surface area contributed by atoms with Gasteiger partial charge in [0.05, 0.1) is 5.69 Å². The first kappa shape index (κ1) is 24.1. The van der Waals surface area contributed by atoms with Crippen LogP contribution in [0.15, 0.2) is 22.4 Å². The van der Waals surface area contributed by atoms with Crippen molar-refractivity contribution >= 4 is 39.0 Å². The number of hydrogen-bond acceptors (Lipinski definition) is 5. The molecule has 0 aliphatic heterocycles. The molecule has 1 unspecified atom stereocenters. The van der Waals surface area contributed by atoms with E-state index in [1.165, 1.54) is 11.4 Å². The Morgan fingerprint density at radius 3 is 2.53 bits per heavy atom. The summed E-state index contributed by atoms with van der Waals surface area (Å²) in [5, 5.41) is 11.3. The number of nitrogens with one attached hydrogen (secondary N) is 1. The van der Waals surface area contributed by atoms with E-state index in [1.807, 2.05) is 13.8 Å². The molecule has 3 rings (SSSR count). The van der Waals surface area contributed by atoms with Crippen molar-refractivity contribution in [2.45, 2.75) is 51.1 Å². The summed E-state index contributed by atoms with van der Waals surface area (Å²) in [5.74, 6) is 1.56. The molecule has 1 aliphatic rings. The maximum atomic E-state index is 13.0. The molecule has 0 saturated carbocycles. The summed E-state index contributed by atoms with van der Waals surface area (Å²) < 4.78 is 65.9. The minimum Gasteiger partial charge on any atom is -0.424 e. The Bertz CT molecular complexity index is 1130. The van der Waals surface area contributed by atoms with Crippen LogP contribution in [0.3, 0.4) is 0 Å². The summed E-state index contributed by atoms with van der Waals surface area (Å²) in [5.41, 5.74) is -4.00. The van der Waals surface area contributed by atoms with Crippen LogP contribution in [0.1, 0.15) is 43.7 Å². The number of fused-ring (bicyclic) bond motifs is 1. The Kier molecular flexibility index (Phi) is 6.91. The molecule has 0 amide bonds. The van der Waals surface area contributed by atoms with Crippen LogP contribution in [0.4, 0.5) is 42.1 Å². The molecule has 0 radical (unpaired) electrons. The molecule has 9 nitrogen and oxygen atoms in total. The molecule has 5 N–H and O–H groups in total. The molecule has 1 aliphatic carbocycles. The lowest BCUT2D eigenvalue weighted by molar-refractivity contribution is -0.547. The highest BCUT2D eigenvalue weighted by atomic mass is 32.2. The van der Waals surface area contributed by atoms with E-state index in [4.69, 9.17) is 0 Å². The summed E-state index contributed by atoms with van der Waals surface area (Å²) in [6, 6.07) is 3.02. The molecule has 0 bridgehead atoms. The standard InChI is InChI=1S/C19H26F3N7O2S/c1-5-11-7-8-12-9-14(15(10-13(11)12)28-32(30,31)19(20,21)22)26-27-18-25-16(23-3)17(24-4)29(18)6-2/h9-11,28H,3-8,23-24H2,1-2H3. The van der Waals surface area contributed by atoms with E-state index in [1.54, 1.807) is 20.7 Å². The number of benzene rings is 1. The van der Waals surface area contributed by atoms with E-state index >= 15 is 0 Å². The highest BCUT2D eigenvalue weighted by Gasteiger charge is 2.46. The molecular formula is C19H26F3N7O2S. The summed E-state index contributed by atoms with van der Waals surface area (Å²) in [6.45, 7) is 4.34. The van der Waals surface area contributed by atoms with Crippen molar-refractivity contribution in [3.63, 3.8) is 0 Å². The molecule has 32 heavy (non-hydrogen) atoms. The van der Waals surface area contributed by atoms with Gasteiger partial charge in [-0.1, -0.05) is 6.92 Å². The third kappa shape index (κ3) is 4.50. The molecule has 0 fully saturated rings. The number of nitrogens with two attached hydrogens (primary N) is 2. The largest absolute Gasteiger partial charge is 0.516 e. The average molecular weight is 474 g/mol. The number of imidazole rings is 1. The molecule has 13 heteroatoms. The number of halogens is 3. The normalized spacial score (nSPS) is 16.7. The average Bonchev–Trinajstić information content (AvgIpc) is 3.30. The van der Waals surface area contributed by atoms with Crippen molar-refractivity contribution in [2.24, 2.45) is 10.2 Å². The molecule has 1 atom stereocenters.